The number of thiol groups is 1. The Morgan fingerprint density at radius 2 is 1.10 bits per heavy atom. The summed E-state index contributed by atoms with van der Waals surface area (Å²) >= 11 is 3.96. The smallest absolute Gasteiger partial charge is 0.326 e. The third-order valence-electron chi connectivity index (χ3n) is 5.55. The monoisotopic (exact) mass is 562 g/mol. The minimum atomic E-state index is -1.69. The van der Waals surface area contributed by atoms with Crippen LogP contribution in [-0.2, 0) is 36.8 Å². The molecule has 0 aliphatic rings. The number of carboxylic acids is 2. The van der Waals surface area contributed by atoms with Crippen molar-refractivity contribution >= 4 is 42.3 Å². The van der Waals surface area contributed by atoms with Gasteiger partial charge in [-0.3, -0.25) is 19.2 Å². The SMILES string of the molecule is NC(CS)C(=O)NC(Cc1ccc(O)cc1)C(=O)NC(CC(=O)O)C(=O)NC(Cc1ccc(O)cc1)C(=O)O. The van der Waals surface area contributed by atoms with Crippen molar-refractivity contribution in [1.29, 1.82) is 0 Å². The van der Waals surface area contributed by atoms with E-state index in [1.54, 1.807) is 0 Å². The van der Waals surface area contributed by atoms with Crippen LogP contribution in [0.15, 0.2) is 48.5 Å². The zero-order valence-electron chi connectivity index (χ0n) is 20.6. The fourth-order valence-corrected chi connectivity index (χ4v) is 3.60. The van der Waals surface area contributed by atoms with Crippen LogP contribution in [-0.4, -0.2) is 80.0 Å². The van der Waals surface area contributed by atoms with Crippen molar-refractivity contribution in [2.75, 3.05) is 5.75 Å². The lowest BCUT2D eigenvalue weighted by Crippen LogP contribution is -2.58. The number of carbonyl (C=O) groups is 5. The number of benzene rings is 2. The van der Waals surface area contributed by atoms with Crippen LogP contribution in [0.2, 0.25) is 0 Å². The Morgan fingerprint density at radius 3 is 1.54 bits per heavy atom. The molecule has 0 aromatic heterocycles. The summed E-state index contributed by atoms with van der Waals surface area (Å²) in [6.07, 6.45) is -1.16. The lowest BCUT2D eigenvalue weighted by atomic mass is 10.0. The maximum atomic E-state index is 13.2. The fraction of sp³-hybridized carbons (Fsp3) is 0.320. The van der Waals surface area contributed by atoms with Gasteiger partial charge in [0.1, 0.15) is 29.6 Å². The van der Waals surface area contributed by atoms with Gasteiger partial charge in [0.05, 0.1) is 12.5 Å². The highest BCUT2D eigenvalue weighted by Gasteiger charge is 2.31. The number of hydrogen-bond donors (Lipinski definition) is 9. The molecule has 0 aliphatic heterocycles. The average Bonchev–Trinajstić information content (AvgIpc) is 2.88. The molecule has 0 radical (unpaired) electrons. The van der Waals surface area contributed by atoms with E-state index in [1.165, 1.54) is 48.5 Å². The Kier molecular flexibility index (Phi) is 11.6. The molecule has 0 bridgehead atoms. The lowest BCUT2D eigenvalue weighted by molar-refractivity contribution is -0.143. The van der Waals surface area contributed by atoms with Crippen LogP contribution in [0.3, 0.4) is 0 Å². The molecular formula is C25H30N4O9S. The second kappa shape index (κ2) is 14.6. The molecule has 39 heavy (non-hydrogen) atoms. The molecule has 3 amide bonds. The molecule has 0 saturated heterocycles. The molecule has 2 aromatic carbocycles. The zero-order chi connectivity index (χ0) is 29.1. The number of phenols is 2. The van der Waals surface area contributed by atoms with Crippen LogP contribution in [0.1, 0.15) is 17.5 Å². The van der Waals surface area contributed by atoms with E-state index in [4.69, 9.17) is 5.73 Å². The third-order valence-corrected chi connectivity index (χ3v) is 5.94. The summed E-state index contributed by atoms with van der Waals surface area (Å²) in [5.41, 5.74) is 6.67. The molecule has 0 spiro atoms. The number of nitrogens with two attached hydrogens (primary N) is 1. The highest BCUT2D eigenvalue weighted by molar-refractivity contribution is 7.80. The van der Waals surface area contributed by atoms with Crippen LogP contribution in [0, 0.1) is 0 Å². The van der Waals surface area contributed by atoms with E-state index in [0.717, 1.165) is 0 Å². The molecule has 14 heteroatoms. The van der Waals surface area contributed by atoms with Gasteiger partial charge in [0, 0.05) is 18.6 Å². The van der Waals surface area contributed by atoms with E-state index in [2.05, 4.69) is 28.6 Å². The summed E-state index contributed by atoms with van der Waals surface area (Å²) in [6.45, 7) is 0. The minimum absolute atomic E-state index is 0.0268. The maximum Gasteiger partial charge on any atom is 0.326 e. The molecule has 9 N–H and O–H groups in total. The van der Waals surface area contributed by atoms with Crippen LogP contribution in [0.5, 0.6) is 11.5 Å². The van der Waals surface area contributed by atoms with E-state index < -0.39 is 60.2 Å². The van der Waals surface area contributed by atoms with Gasteiger partial charge in [0.25, 0.3) is 0 Å². The van der Waals surface area contributed by atoms with E-state index >= 15 is 0 Å². The number of carboxylic acid groups (broad SMARTS) is 2. The number of aromatic hydroxyl groups is 2. The number of hydrogen-bond acceptors (Lipinski definition) is 9. The first-order valence-electron chi connectivity index (χ1n) is 11.7. The largest absolute Gasteiger partial charge is 0.508 e. The summed E-state index contributed by atoms with van der Waals surface area (Å²) in [5.74, 6) is -5.66. The van der Waals surface area contributed by atoms with Gasteiger partial charge in [-0.1, -0.05) is 24.3 Å². The van der Waals surface area contributed by atoms with Crippen molar-refractivity contribution in [1.82, 2.24) is 16.0 Å². The number of carbonyl (C=O) groups excluding carboxylic acids is 3. The summed E-state index contributed by atoms with van der Waals surface area (Å²) < 4.78 is 0. The molecule has 0 aliphatic carbocycles. The number of amides is 3. The first-order chi connectivity index (χ1) is 18.4. The van der Waals surface area contributed by atoms with Gasteiger partial charge in [0.15, 0.2) is 0 Å². The molecule has 210 valence electrons. The summed E-state index contributed by atoms with van der Waals surface area (Å²) in [6, 6.07) is 5.81. The van der Waals surface area contributed by atoms with Gasteiger partial charge in [-0.15, -0.1) is 0 Å². The van der Waals surface area contributed by atoms with Crippen molar-refractivity contribution in [3.63, 3.8) is 0 Å². The maximum absolute atomic E-state index is 13.2. The van der Waals surface area contributed by atoms with Gasteiger partial charge in [-0.25, -0.2) is 4.79 Å². The minimum Gasteiger partial charge on any atom is -0.508 e. The standard InChI is InChI=1S/C25H30N4O9S/c26-17(12-39)22(34)27-18(9-13-1-5-15(30)6-2-13)23(35)28-19(11-21(32)33)24(36)29-20(25(37)38)10-14-3-7-16(31)8-4-14/h1-8,17-20,30-31,39H,9-12,26H2,(H,27,34)(H,28,35)(H,29,36)(H,32,33)(H,37,38). The molecule has 4 unspecified atom stereocenters. The molecule has 0 fully saturated rings. The summed E-state index contributed by atoms with van der Waals surface area (Å²) in [4.78, 5) is 61.7. The van der Waals surface area contributed by atoms with Crippen molar-refractivity contribution < 1.29 is 44.4 Å². The first kappa shape index (κ1) is 30.9. The van der Waals surface area contributed by atoms with E-state index in [9.17, 15) is 44.4 Å². The molecule has 2 rings (SSSR count). The number of rotatable bonds is 14. The predicted molar refractivity (Wildman–Crippen MR) is 141 cm³/mol. The lowest BCUT2D eigenvalue weighted by Gasteiger charge is -2.24. The van der Waals surface area contributed by atoms with Crippen molar-refractivity contribution in [3.8, 4) is 11.5 Å². The van der Waals surface area contributed by atoms with Gasteiger partial charge in [-0.2, -0.15) is 12.6 Å². The molecule has 2 aromatic rings. The van der Waals surface area contributed by atoms with E-state index in [-0.39, 0.29) is 30.1 Å². The van der Waals surface area contributed by atoms with Crippen LogP contribution >= 0.6 is 12.6 Å². The van der Waals surface area contributed by atoms with Gasteiger partial charge >= 0.3 is 11.9 Å². The van der Waals surface area contributed by atoms with Crippen molar-refractivity contribution in [3.05, 3.63) is 59.7 Å². The molecule has 13 nitrogen and oxygen atoms in total. The van der Waals surface area contributed by atoms with E-state index in [0.29, 0.717) is 11.1 Å². The number of nitrogens with one attached hydrogen (secondary N) is 3. The molecule has 4 atom stereocenters. The topological polar surface area (TPSA) is 228 Å². The van der Waals surface area contributed by atoms with E-state index in [1.807, 2.05) is 0 Å². The van der Waals surface area contributed by atoms with Crippen molar-refractivity contribution in [2.45, 2.75) is 43.4 Å². The van der Waals surface area contributed by atoms with Gasteiger partial charge in [0.2, 0.25) is 17.7 Å². The quantitative estimate of drug-likeness (QED) is 0.130. The highest BCUT2D eigenvalue weighted by atomic mass is 32.1. The fourth-order valence-electron chi connectivity index (χ4n) is 3.44. The van der Waals surface area contributed by atoms with Gasteiger partial charge in [-0.05, 0) is 35.4 Å². The first-order valence-corrected chi connectivity index (χ1v) is 12.3. The molecule has 0 saturated carbocycles. The van der Waals surface area contributed by atoms with Crippen LogP contribution in [0.4, 0.5) is 0 Å². The second-order valence-corrected chi connectivity index (χ2v) is 9.01. The van der Waals surface area contributed by atoms with Crippen molar-refractivity contribution in [2.24, 2.45) is 5.73 Å². The van der Waals surface area contributed by atoms with Crippen LogP contribution in [0.25, 0.3) is 0 Å². The second-order valence-electron chi connectivity index (χ2n) is 8.65. The Balaban J connectivity index is 2.23. The Bertz CT molecular complexity index is 1180. The summed E-state index contributed by atoms with van der Waals surface area (Å²) in [7, 11) is 0. The Hall–Kier alpha value is -4.30. The number of aliphatic carboxylic acids is 2. The molecule has 0 heterocycles. The zero-order valence-corrected chi connectivity index (χ0v) is 21.5. The highest BCUT2D eigenvalue weighted by Crippen LogP contribution is 2.13. The average molecular weight is 563 g/mol. The number of phenolic OH excluding ortho intramolecular Hbond substituents is 2. The third kappa shape index (κ3) is 10.2. The van der Waals surface area contributed by atoms with Crippen LogP contribution < -0.4 is 21.7 Å². The van der Waals surface area contributed by atoms with Gasteiger partial charge < -0.3 is 42.1 Å². The molecular weight excluding hydrogens is 532 g/mol. The predicted octanol–water partition coefficient (Wildman–Crippen LogP) is -0.846. The summed E-state index contributed by atoms with van der Waals surface area (Å²) in [5, 5.41) is 44.7. The normalized spacial score (nSPS) is 13.8. The Morgan fingerprint density at radius 1 is 0.692 bits per heavy atom. The Labute approximate surface area is 228 Å².